The molecule has 2 aromatic heterocycles. The molecule has 0 fully saturated rings. The van der Waals surface area contributed by atoms with Gasteiger partial charge in [0.05, 0.1) is 10.8 Å². The van der Waals surface area contributed by atoms with Crippen LogP contribution in [-0.2, 0) is 0 Å². The average molecular weight is 313 g/mol. The minimum absolute atomic E-state index is 0.842. The number of hydrogen-bond donors (Lipinski definition) is 0. The fourth-order valence-corrected chi connectivity index (χ4v) is 4.02. The number of aryl methyl sites for hydroxylation is 1. The minimum Gasteiger partial charge on any atom is -0.195 e. The Bertz CT molecular complexity index is 774. The molecule has 3 aromatic rings. The highest BCUT2D eigenvalue weighted by Gasteiger charge is 2.06. The summed E-state index contributed by atoms with van der Waals surface area (Å²) in [6.07, 6.45) is 0. The molecular weight excluding hydrogens is 302 g/mol. The molecule has 3 rings (SSSR count). The first kappa shape index (κ1) is 13.4. The fraction of sp³-hybridized carbons (Fsp3) is 0.0625. The molecule has 0 saturated carbocycles. The zero-order valence-corrected chi connectivity index (χ0v) is 13.2. The van der Waals surface area contributed by atoms with Crippen molar-refractivity contribution < 1.29 is 0 Å². The lowest BCUT2D eigenvalue weighted by Crippen LogP contribution is -1.70. The van der Waals surface area contributed by atoms with Gasteiger partial charge in [0.1, 0.15) is 0 Å². The summed E-state index contributed by atoms with van der Waals surface area (Å²) in [5, 5.41) is 2.38. The van der Waals surface area contributed by atoms with E-state index in [0.29, 0.717) is 0 Å². The summed E-state index contributed by atoms with van der Waals surface area (Å²) in [7, 11) is 0. The smallest absolute Gasteiger partial charge is 0.0739 e. The van der Waals surface area contributed by atoms with Gasteiger partial charge in [0.25, 0.3) is 0 Å². The van der Waals surface area contributed by atoms with Gasteiger partial charge >= 0.3 is 0 Å². The molecule has 0 aliphatic carbocycles. The molecule has 0 amide bonds. The van der Waals surface area contributed by atoms with Gasteiger partial charge in [0.2, 0.25) is 0 Å². The summed E-state index contributed by atoms with van der Waals surface area (Å²) in [6, 6.07) is 16.8. The maximum atomic E-state index is 4.61. The largest absolute Gasteiger partial charge is 0.195 e. The Morgan fingerprint density at radius 1 is 0.850 bits per heavy atom. The summed E-state index contributed by atoms with van der Waals surface area (Å²) in [4.78, 5) is 9.23. The van der Waals surface area contributed by atoms with Gasteiger partial charge < -0.3 is 0 Å². The Morgan fingerprint density at radius 3 is 2.15 bits per heavy atom. The molecule has 0 aliphatic rings. The van der Waals surface area contributed by atoms with E-state index >= 15 is 0 Å². The summed E-state index contributed by atoms with van der Waals surface area (Å²) >= 11 is 8.26. The van der Waals surface area contributed by atoms with E-state index < -0.39 is 0 Å². The first-order valence-electron chi connectivity index (χ1n) is 6.11. The second-order valence-electron chi connectivity index (χ2n) is 4.32. The van der Waals surface area contributed by atoms with E-state index in [9.17, 15) is 0 Å². The summed E-state index contributed by atoms with van der Waals surface area (Å²) in [5.74, 6) is 0. The zero-order chi connectivity index (χ0) is 13.9. The second-order valence-corrected chi connectivity index (χ2v) is 6.88. The molecule has 1 aromatic carbocycles. The van der Waals surface area contributed by atoms with E-state index in [4.69, 9.17) is 0 Å². The number of thiocarbonyl (C=S) groups is 1. The van der Waals surface area contributed by atoms with Crippen LogP contribution in [0.5, 0.6) is 0 Å². The Morgan fingerprint density at radius 2 is 1.50 bits per heavy atom. The Kier molecular flexibility index (Phi) is 3.90. The van der Waals surface area contributed by atoms with E-state index in [1.54, 1.807) is 0 Å². The van der Waals surface area contributed by atoms with E-state index in [2.05, 4.69) is 65.7 Å². The van der Waals surface area contributed by atoms with Crippen LogP contribution in [0.3, 0.4) is 0 Å². The van der Waals surface area contributed by atoms with Gasteiger partial charge in [0, 0.05) is 19.5 Å². The third kappa shape index (κ3) is 2.79. The SMILES string of the molecule is Cc1ccc(-c2ccc(-c3ccc(N=C=S)cc3)s2)s1. The first-order chi connectivity index (χ1) is 9.76. The molecule has 98 valence electrons. The van der Waals surface area contributed by atoms with Crippen LogP contribution in [0.15, 0.2) is 53.5 Å². The van der Waals surface area contributed by atoms with Gasteiger partial charge in [-0.2, -0.15) is 4.99 Å². The molecule has 0 saturated heterocycles. The normalized spacial score (nSPS) is 10.2. The van der Waals surface area contributed by atoms with Crippen LogP contribution in [0.25, 0.3) is 20.2 Å². The van der Waals surface area contributed by atoms with Crippen LogP contribution in [0.2, 0.25) is 0 Å². The maximum absolute atomic E-state index is 4.61. The van der Waals surface area contributed by atoms with Gasteiger partial charge in [-0.1, -0.05) is 12.1 Å². The fourth-order valence-electron chi connectivity index (χ4n) is 1.95. The van der Waals surface area contributed by atoms with Crippen molar-refractivity contribution in [2.45, 2.75) is 6.92 Å². The van der Waals surface area contributed by atoms with Crippen molar-refractivity contribution >= 4 is 45.7 Å². The molecule has 0 atom stereocenters. The van der Waals surface area contributed by atoms with E-state index in [1.807, 2.05) is 34.8 Å². The van der Waals surface area contributed by atoms with Gasteiger partial charge in [0.15, 0.2) is 0 Å². The van der Waals surface area contributed by atoms with Crippen LogP contribution >= 0.6 is 34.9 Å². The van der Waals surface area contributed by atoms with Gasteiger partial charge in [-0.05, 0) is 61.1 Å². The lowest BCUT2D eigenvalue weighted by molar-refractivity contribution is 1.55. The first-order valence-corrected chi connectivity index (χ1v) is 8.15. The number of hydrogen-bond acceptors (Lipinski definition) is 4. The predicted octanol–water partition coefficient (Wildman–Crippen LogP) is 6.19. The van der Waals surface area contributed by atoms with E-state index in [0.717, 1.165) is 5.69 Å². The molecule has 1 nitrogen and oxygen atoms in total. The second kappa shape index (κ2) is 5.81. The van der Waals surface area contributed by atoms with Gasteiger partial charge in [-0.3, -0.25) is 0 Å². The monoisotopic (exact) mass is 313 g/mol. The molecule has 2 heterocycles. The number of isothiocyanates is 1. The summed E-state index contributed by atoms with van der Waals surface area (Å²) in [6.45, 7) is 2.14. The van der Waals surface area contributed by atoms with Crippen molar-refractivity contribution in [1.82, 2.24) is 0 Å². The van der Waals surface area contributed by atoms with Crippen molar-refractivity contribution in [2.75, 3.05) is 0 Å². The Hall–Kier alpha value is -1.58. The Labute approximate surface area is 131 Å². The maximum Gasteiger partial charge on any atom is 0.0739 e. The van der Waals surface area contributed by atoms with E-state index in [-0.39, 0.29) is 0 Å². The van der Waals surface area contributed by atoms with Gasteiger partial charge in [-0.15, -0.1) is 22.7 Å². The van der Waals surface area contributed by atoms with Crippen molar-refractivity contribution in [1.29, 1.82) is 0 Å². The lowest BCUT2D eigenvalue weighted by Gasteiger charge is -1.97. The molecule has 0 aliphatic heterocycles. The summed E-state index contributed by atoms with van der Waals surface area (Å²) < 4.78 is 0. The lowest BCUT2D eigenvalue weighted by atomic mass is 10.2. The van der Waals surface area contributed by atoms with E-state index in [1.165, 1.54) is 25.1 Å². The molecule has 0 spiro atoms. The van der Waals surface area contributed by atoms with Crippen molar-refractivity contribution in [3.05, 3.63) is 53.4 Å². The molecular formula is C16H11NS3. The summed E-state index contributed by atoms with van der Waals surface area (Å²) in [5.41, 5.74) is 2.05. The molecule has 0 bridgehead atoms. The van der Waals surface area contributed by atoms with Gasteiger partial charge in [-0.25, -0.2) is 0 Å². The third-order valence-corrected chi connectivity index (χ3v) is 5.34. The number of thiophene rings is 2. The molecule has 20 heavy (non-hydrogen) atoms. The standard InChI is InChI=1S/C16H11NS3/c1-11-2-7-15(19-11)16-9-8-14(20-16)12-3-5-13(6-4-12)17-10-18/h2-9H,1H3. The number of benzene rings is 1. The van der Waals surface area contributed by atoms with Crippen LogP contribution in [0.1, 0.15) is 4.88 Å². The minimum atomic E-state index is 0.842. The van der Waals surface area contributed by atoms with Crippen LogP contribution in [-0.4, -0.2) is 5.16 Å². The van der Waals surface area contributed by atoms with Crippen LogP contribution in [0.4, 0.5) is 5.69 Å². The molecule has 0 radical (unpaired) electrons. The highest BCUT2D eigenvalue weighted by atomic mass is 32.1. The quantitative estimate of drug-likeness (QED) is 0.415. The predicted molar refractivity (Wildman–Crippen MR) is 92.5 cm³/mol. The third-order valence-electron chi connectivity index (χ3n) is 2.92. The highest BCUT2D eigenvalue weighted by Crippen LogP contribution is 2.37. The molecule has 0 unspecified atom stereocenters. The van der Waals surface area contributed by atoms with Crippen LogP contribution < -0.4 is 0 Å². The number of aliphatic imine (C=N–C) groups is 1. The highest BCUT2D eigenvalue weighted by molar-refractivity contribution is 7.78. The molecule has 0 N–H and O–H groups in total. The van der Waals surface area contributed by atoms with Crippen molar-refractivity contribution in [3.8, 4) is 20.2 Å². The Balaban J connectivity index is 1.91. The van der Waals surface area contributed by atoms with Crippen molar-refractivity contribution in [2.24, 2.45) is 4.99 Å². The topological polar surface area (TPSA) is 12.4 Å². The number of nitrogens with zero attached hydrogens (tertiary/aromatic N) is 1. The molecule has 4 heteroatoms. The van der Waals surface area contributed by atoms with Crippen LogP contribution in [0, 0.1) is 6.92 Å². The number of rotatable bonds is 3. The average Bonchev–Trinajstić information content (AvgIpc) is 3.09. The zero-order valence-electron chi connectivity index (χ0n) is 10.8. The van der Waals surface area contributed by atoms with Crippen molar-refractivity contribution in [3.63, 3.8) is 0 Å².